The molecule has 0 aliphatic rings. The number of carbonyl (C=O) groups excluding carboxylic acids is 2. The van der Waals surface area contributed by atoms with Crippen LogP contribution in [0.3, 0.4) is 0 Å². The lowest BCUT2D eigenvalue weighted by Crippen LogP contribution is -2.42. The number of carbonyl (C=O) groups is 2. The van der Waals surface area contributed by atoms with Crippen LogP contribution in [-0.2, 0) is 9.59 Å². The molecule has 0 rings (SSSR count). The molecule has 0 heterocycles. The molecule has 0 aromatic carbocycles. The van der Waals surface area contributed by atoms with E-state index in [0.717, 1.165) is 58.4 Å². The van der Waals surface area contributed by atoms with Gasteiger partial charge in [0.05, 0.1) is 6.04 Å². The van der Waals surface area contributed by atoms with Crippen LogP contribution >= 0.6 is 0 Å². The van der Waals surface area contributed by atoms with E-state index >= 15 is 0 Å². The van der Waals surface area contributed by atoms with Crippen LogP contribution in [0.15, 0.2) is 0 Å². The van der Waals surface area contributed by atoms with Crippen molar-refractivity contribution >= 4 is 11.7 Å². The monoisotopic (exact) mass is 315 g/mol. The zero-order chi connectivity index (χ0) is 16.6. The summed E-state index contributed by atoms with van der Waals surface area (Å²) in [6, 6.07) is -0.725. The van der Waals surface area contributed by atoms with Crippen LogP contribution in [-0.4, -0.2) is 57.0 Å². The standard InChI is InChI=1S/C15H33N5O2/c1-13(21)12-14(17)15(22)20-11-5-10-19-8-3-2-7-18-9-4-6-16/h14,18-19H,2-12,16-17H2,1H3,(H,20,22)/t14-/m0/s1. The van der Waals surface area contributed by atoms with E-state index in [1.165, 1.54) is 6.92 Å². The van der Waals surface area contributed by atoms with E-state index in [1.807, 2.05) is 0 Å². The zero-order valence-electron chi connectivity index (χ0n) is 13.8. The third-order valence-corrected chi connectivity index (χ3v) is 3.19. The Hall–Kier alpha value is -1.02. The molecule has 0 spiro atoms. The molecule has 1 amide bonds. The fourth-order valence-corrected chi connectivity index (χ4v) is 1.94. The fraction of sp³-hybridized carbons (Fsp3) is 0.867. The van der Waals surface area contributed by atoms with E-state index in [4.69, 9.17) is 11.5 Å². The first-order valence-corrected chi connectivity index (χ1v) is 8.22. The van der Waals surface area contributed by atoms with E-state index < -0.39 is 6.04 Å². The van der Waals surface area contributed by atoms with E-state index in [9.17, 15) is 9.59 Å². The van der Waals surface area contributed by atoms with Gasteiger partial charge >= 0.3 is 0 Å². The number of hydrogen-bond acceptors (Lipinski definition) is 6. The van der Waals surface area contributed by atoms with Crippen LogP contribution < -0.4 is 27.4 Å². The van der Waals surface area contributed by atoms with Crippen molar-refractivity contribution in [2.75, 3.05) is 39.3 Å². The van der Waals surface area contributed by atoms with E-state index in [-0.39, 0.29) is 18.1 Å². The topological polar surface area (TPSA) is 122 Å². The van der Waals surface area contributed by atoms with Gasteiger partial charge < -0.3 is 27.4 Å². The first-order chi connectivity index (χ1) is 10.6. The molecule has 0 aliphatic carbocycles. The van der Waals surface area contributed by atoms with Gasteiger partial charge in [0.15, 0.2) is 0 Å². The van der Waals surface area contributed by atoms with Crippen LogP contribution in [0.25, 0.3) is 0 Å². The molecule has 130 valence electrons. The number of unbranched alkanes of at least 4 members (excludes halogenated alkanes) is 1. The number of ketones is 1. The third-order valence-electron chi connectivity index (χ3n) is 3.19. The summed E-state index contributed by atoms with van der Waals surface area (Å²) in [5.41, 5.74) is 11.0. The van der Waals surface area contributed by atoms with Crippen molar-refractivity contribution < 1.29 is 9.59 Å². The highest BCUT2D eigenvalue weighted by Crippen LogP contribution is 1.90. The Labute approximate surface area is 134 Å². The van der Waals surface area contributed by atoms with Gasteiger partial charge in [0, 0.05) is 13.0 Å². The number of nitrogens with two attached hydrogens (primary N) is 2. The second-order valence-electron chi connectivity index (χ2n) is 5.51. The second-order valence-corrected chi connectivity index (χ2v) is 5.51. The minimum atomic E-state index is -0.725. The summed E-state index contributed by atoms with van der Waals surface area (Å²) in [5.74, 6) is -0.319. The van der Waals surface area contributed by atoms with Crippen molar-refractivity contribution in [3.63, 3.8) is 0 Å². The molecule has 7 N–H and O–H groups in total. The fourth-order valence-electron chi connectivity index (χ4n) is 1.94. The molecule has 0 fully saturated rings. The van der Waals surface area contributed by atoms with Gasteiger partial charge in [0.25, 0.3) is 0 Å². The number of rotatable bonds is 15. The summed E-state index contributed by atoms with van der Waals surface area (Å²) in [6.07, 6.45) is 4.26. The lowest BCUT2D eigenvalue weighted by molar-refractivity contribution is -0.125. The zero-order valence-corrected chi connectivity index (χ0v) is 13.8. The van der Waals surface area contributed by atoms with Crippen LogP contribution in [0.1, 0.15) is 39.0 Å². The number of nitrogens with one attached hydrogen (secondary N) is 3. The smallest absolute Gasteiger partial charge is 0.237 e. The highest BCUT2D eigenvalue weighted by Gasteiger charge is 2.14. The van der Waals surface area contributed by atoms with Gasteiger partial charge in [-0.15, -0.1) is 0 Å². The first-order valence-electron chi connectivity index (χ1n) is 8.22. The van der Waals surface area contributed by atoms with Crippen LogP contribution in [0.4, 0.5) is 0 Å². The van der Waals surface area contributed by atoms with E-state index in [2.05, 4.69) is 16.0 Å². The van der Waals surface area contributed by atoms with Gasteiger partial charge in [-0.3, -0.25) is 9.59 Å². The average Bonchev–Trinajstić information content (AvgIpc) is 2.47. The summed E-state index contributed by atoms with van der Waals surface area (Å²) < 4.78 is 0. The first kappa shape index (κ1) is 21.0. The predicted molar refractivity (Wildman–Crippen MR) is 89.5 cm³/mol. The van der Waals surface area contributed by atoms with Crippen LogP contribution in [0.2, 0.25) is 0 Å². The SMILES string of the molecule is CC(=O)C[C@H](N)C(=O)NCCCNCCCCNCCCN. The Kier molecular flexibility index (Phi) is 14.2. The average molecular weight is 315 g/mol. The molecule has 0 radical (unpaired) electrons. The van der Waals surface area contributed by atoms with Gasteiger partial charge in [-0.25, -0.2) is 0 Å². The molecule has 7 nitrogen and oxygen atoms in total. The number of amides is 1. The maximum Gasteiger partial charge on any atom is 0.237 e. The van der Waals surface area contributed by atoms with Gasteiger partial charge in [-0.05, 0) is 65.3 Å². The third kappa shape index (κ3) is 13.9. The number of hydrogen-bond donors (Lipinski definition) is 5. The molecule has 0 aliphatic heterocycles. The van der Waals surface area contributed by atoms with Crippen LogP contribution in [0.5, 0.6) is 0 Å². The normalized spacial score (nSPS) is 12.1. The molecule has 0 bridgehead atoms. The Balaban J connectivity index is 3.26. The van der Waals surface area contributed by atoms with Crippen molar-refractivity contribution in [3.05, 3.63) is 0 Å². The van der Waals surface area contributed by atoms with Crippen molar-refractivity contribution in [1.82, 2.24) is 16.0 Å². The minimum absolute atomic E-state index is 0.0677. The Morgan fingerprint density at radius 3 is 2.00 bits per heavy atom. The molecule has 0 unspecified atom stereocenters. The summed E-state index contributed by atoms with van der Waals surface area (Å²) >= 11 is 0. The van der Waals surface area contributed by atoms with Gasteiger partial charge in [-0.1, -0.05) is 0 Å². The lowest BCUT2D eigenvalue weighted by atomic mass is 10.1. The predicted octanol–water partition coefficient (Wildman–Crippen LogP) is -0.893. The largest absolute Gasteiger partial charge is 0.355 e. The van der Waals surface area contributed by atoms with Crippen molar-refractivity contribution in [2.24, 2.45) is 11.5 Å². The summed E-state index contributed by atoms with van der Waals surface area (Å²) in [6.45, 7) is 6.63. The Morgan fingerprint density at radius 2 is 1.45 bits per heavy atom. The van der Waals surface area contributed by atoms with Crippen LogP contribution in [0, 0.1) is 0 Å². The Bertz CT molecular complexity index is 300. The van der Waals surface area contributed by atoms with Crippen molar-refractivity contribution in [3.8, 4) is 0 Å². The summed E-state index contributed by atoms with van der Waals surface area (Å²) in [4.78, 5) is 22.4. The van der Waals surface area contributed by atoms with Crippen molar-refractivity contribution in [1.29, 1.82) is 0 Å². The van der Waals surface area contributed by atoms with E-state index in [1.54, 1.807) is 0 Å². The highest BCUT2D eigenvalue weighted by atomic mass is 16.2. The summed E-state index contributed by atoms with van der Waals surface area (Å²) in [5, 5.41) is 9.42. The molecular weight excluding hydrogens is 282 g/mol. The number of Topliss-reactive ketones (excluding diaryl/α,β-unsaturated/α-hetero) is 1. The minimum Gasteiger partial charge on any atom is -0.355 e. The van der Waals surface area contributed by atoms with Gasteiger partial charge in [-0.2, -0.15) is 0 Å². The molecule has 1 atom stereocenters. The quantitative estimate of drug-likeness (QED) is 0.250. The second kappa shape index (κ2) is 14.9. The highest BCUT2D eigenvalue weighted by molar-refractivity contribution is 5.87. The lowest BCUT2D eigenvalue weighted by Gasteiger charge is -2.11. The van der Waals surface area contributed by atoms with Crippen molar-refractivity contribution in [2.45, 2.75) is 45.1 Å². The van der Waals surface area contributed by atoms with Gasteiger partial charge in [0.1, 0.15) is 5.78 Å². The van der Waals surface area contributed by atoms with E-state index in [0.29, 0.717) is 6.54 Å². The molecule has 0 aromatic heterocycles. The molecular formula is C15H33N5O2. The molecule has 0 aromatic rings. The molecule has 22 heavy (non-hydrogen) atoms. The van der Waals surface area contributed by atoms with Gasteiger partial charge in [0.2, 0.25) is 5.91 Å². The Morgan fingerprint density at radius 1 is 0.909 bits per heavy atom. The molecule has 7 heteroatoms. The molecule has 0 saturated heterocycles. The molecule has 0 saturated carbocycles. The summed E-state index contributed by atoms with van der Waals surface area (Å²) in [7, 11) is 0. The maximum absolute atomic E-state index is 11.5. The maximum atomic E-state index is 11.5.